The molecule has 0 aliphatic heterocycles. The van der Waals surface area contributed by atoms with Crippen molar-refractivity contribution < 1.29 is 8.98 Å². The molecule has 0 unspecified atom stereocenters. The Labute approximate surface area is 188 Å². The van der Waals surface area contributed by atoms with E-state index in [1.54, 1.807) is 6.20 Å². The number of pyridine rings is 2. The highest BCUT2D eigenvalue weighted by atomic mass is 16.3. The summed E-state index contributed by atoms with van der Waals surface area (Å²) < 4.78 is 8.57. The summed E-state index contributed by atoms with van der Waals surface area (Å²) in [7, 11) is 2.12. The van der Waals surface area contributed by atoms with Gasteiger partial charge in [-0.15, -0.1) is 0 Å². The van der Waals surface area contributed by atoms with Gasteiger partial charge in [0.25, 0.3) is 0 Å². The summed E-state index contributed by atoms with van der Waals surface area (Å²) in [6, 6.07) is 22.0. The number of hydrogen-bond acceptors (Lipinski definition) is 2. The van der Waals surface area contributed by atoms with Gasteiger partial charge in [-0.2, -0.15) is 0 Å². The van der Waals surface area contributed by atoms with Crippen LogP contribution in [0.5, 0.6) is 0 Å². The summed E-state index contributed by atoms with van der Waals surface area (Å²) in [6.07, 6.45) is 9.23. The molecule has 0 bridgehead atoms. The molecule has 3 aromatic heterocycles. The average molecular weight is 420 g/mol. The Bertz CT molecular complexity index is 1460. The highest BCUT2D eigenvalue weighted by Gasteiger charge is 2.25. The predicted octanol–water partition coefficient (Wildman–Crippen LogP) is 7.11. The molecule has 5 aromatic rings. The third kappa shape index (κ3) is 3.03. The van der Waals surface area contributed by atoms with Crippen molar-refractivity contribution in [3.63, 3.8) is 0 Å². The maximum atomic E-state index is 6.35. The molecule has 1 fully saturated rings. The highest BCUT2D eigenvalue weighted by Crippen LogP contribution is 2.41. The topological polar surface area (TPSA) is 29.9 Å². The molecule has 3 heteroatoms. The van der Waals surface area contributed by atoms with Crippen LogP contribution in [0.3, 0.4) is 0 Å². The van der Waals surface area contributed by atoms with Crippen LogP contribution in [0.4, 0.5) is 0 Å². The fourth-order valence-corrected chi connectivity index (χ4v) is 5.44. The zero-order valence-corrected chi connectivity index (χ0v) is 18.6. The maximum absolute atomic E-state index is 6.35. The van der Waals surface area contributed by atoms with Crippen molar-refractivity contribution in [1.82, 2.24) is 4.98 Å². The van der Waals surface area contributed by atoms with Crippen LogP contribution in [0.25, 0.3) is 44.5 Å². The zero-order chi connectivity index (χ0) is 21.7. The Kier molecular flexibility index (Phi) is 4.57. The van der Waals surface area contributed by atoms with Gasteiger partial charge in [-0.3, -0.25) is 0 Å². The van der Waals surface area contributed by atoms with Crippen molar-refractivity contribution in [1.29, 1.82) is 0 Å². The molecule has 3 nitrogen and oxygen atoms in total. The predicted molar refractivity (Wildman–Crippen MR) is 130 cm³/mol. The van der Waals surface area contributed by atoms with Crippen LogP contribution >= 0.6 is 0 Å². The first kappa shape index (κ1) is 19.2. The lowest BCUT2D eigenvalue weighted by molar-refractivity contribution is -0.659. The second-order valence-electron chi connectivity index (χ2n) is 9.08. The Morgan fingerprint density at radius 1 is 0.938 bits per heavy atom. The smallest absolute Gasteiger partial charge is 0.227 e. The van der Waals surface area contributed by atoms with E-state index >= 15 is 0 Å². The minimum Gasteiger partial charge on any atom is -0.437 e. The first-order valence-electron chi connectivity index (χ1n) is 11.6. The molecule has 0 atom stereocenters. The van der Waals surface area contributed by atoms with E-state index < -0.39 is 0 Å². The number of fused-ring (bicyclic) bond motifs is 3. The molecule has 6 rings (SSSR count). The van der Waals surface area contributed by atoms with Crippen LogP contribution in [-0.4, -0.2) is 4.98 Å². The normalized spacial score (nSPS) is 14.6. The fraction of sp³-hybridized carbons (Fsp3) is 0.241. The lowest BCUT2D eigenvalue weighted by Gasteiger charge is -2.14. The first-order valence-corrected chi connectivity index (χ1v) is 11.6. The van der Waals surface area contributed by atoms with E-state index in [0.717, 1.165) is 21.9 Å². The summed E-state index contributed by atoms with van der Waals surface area (Å²) in [6.45, 7) is 2.17. The Balaban J connectivity index is 1.61. The molecular weight excluding hydrogens is 392 g/mol. The summed E-state index contributed by atoms with van der Waals surface area (Å²) in [5.74, 6) is 0.697. The number of rotatable bonds is 3. The zero-order valence-electron chi connectivity index (χ0n) is 18.6. The van der Waals surface area contributed by atoms with E-state index in [9.17, 15) is 0 Å². The van der Waals surface area contributed by atoms with Gasteiger partial charge in [0.1, 0.15) is 7.05 Å². The molecule has 0 saturated heterocycles. The molecule has 1 saturated carbocycles. The largest absolute Gasteiger partial charge is 0.437 e. The number of aromatic nitrogens is 2. The summed E-state index contributed by atoms with van der Waals surface area (Å²) in [4.78, 5) is 4.47. The summed E-state index contributed by atoms with van der Waals surface area (Å²) in [5.41, 5.74) is 9.10. The lowest BCUT2D eigenvalue weighted by atomic mass is 9.91. The van der Waals surface area contributed by atoms with E-state index in [2.05, 4.69) is 84.3 Å². The number of aryl methyl sites for hydroxylation is 2. The molecule has 2 aromatic carbocycles. The average Bonchev–Trinajstić information content (AvgIpc) is 3.48. The second kappa shape index (κ2) is 7.59. The minimum atomic E-state index is 0.692. The van der Waals surface area contributed by atoms with Gasteiger partial charge in [-0.25, -0.2) is 9.55 Å². The number of furan rings is 1. The third-order valence-electron chi connectivity index (χ3n) is 7.07. The van der Waals surface area contributed by atoms with Crippen molar-refractivity contribution in [2.75, 3.05) is 0 Å². The Hall–Kier alpha value is -3.46. The van der Waals surface area contributed by atoms with Crippen LogP contribution in [0.15, 0.2) is 77.5 Å². The molecule has 1 aliphatic carbocycles. The van der Waals surface area contributed by atoms with Gasteiger partial charge in [-0.1, -0.05) is 49.2 Å². The third-order valence-corrected chi connectivity index (χ3v) is 7.07. The van der Waals surface area contributed by atoms with E-state index in [4.69, 9.17) is 4.42 Å². The molecule has 0 N–H and O–H groups in total. The lowest BCUT2D eigenvalue weighted by Crippen LogP contribution is -2.31. The number of benzene rings is 2. The highest BCUT2D eigenvalue weighted by molar-refractivity contribution is 6.09. The molecule has 3 heterocycles. The van der Waals surface area contributed by atoms with Crippen molar-refractivity contribution >= 4 is 22.1 Å². The molecule has 32 heavy (non-hydrogen) atoms. The van der Waals surface area contributed by atoms with Gasteiger partial charge in [0.15, 0.2) is 11.8 Å². The quantitative estimate of drug-likeness (QED) is 0.292. The van der Waals surface area contributed by atoms with Crippen molar-refractivity contribution in [3.8, 4) is 22.4 Å². The van der Waals surface area contributed by atoms with Crippen LogP contribution < -0.4 is 4.57 Å². The van der Waals surface area contributed by atoms with Crippen LogP contribution in [0.2, 0.25) is 0 Å². The number of nitrogens with zero attached hydrogens (tertiary/aromatic N) is 2. The van der Waals surface area contributed by atoms with Gasteiger partial charge >= 0.3 is 0 Å². The van der Waals surface area contributed by atoms with E-state index in [0.29, 0.717) is 11.6 Å². The minimum absolute atomic E-state index is 0.692. The summed E-state index contributed by atoms with van der Waals surface area (Å²) >= 11 is 0. The van der Waals surface area contributed by atoms with Crippen molar-refractivity contribution in [2.24, 2.45) is 7.05 Å². The van der Waals surface area contributed by atoms with Crippen molar-refractivity contribution in [3.05, 3.63) is 84.2 Å². The number of hydrogen-bond donors (Lipinski definition) is 0. The standard InChI is InChI=1S/C29H27N2O/c1-19-14-15-24-25-12-6-16-30-29(25)32-28(24)26(19)27-23(13-7-17-31(27)2)22-11-5-10-21(18-22)20-8-3-4-9-20/h5-7,10-18,20H,3-4,8-9H2,1-2H3/q+1. The summed E-state index contributed by atoms with van der Waals surface area (Å²) in [5, 5.41) is 2.18. The second-order valence-corrected chi connectivity index (χ2v) is 9.08. The SMILES string of the molecule is Cc1ccc2c(oc3ncccc32)c1-c1c(-c2cccc(C3CCCC3)c2)ccc[n+]1C. The van der Waals surface area contributed by atoms with Crippen LogP contribution in [0, 0.1) is 6.92 Å². The van der Waals surface area contributed by atoms with Gasteiger partial charge in [0.05, 0.1) is 11.1 Å². The Morgan fingerprint density at radius 3 is 2.69 bits per heavy atom. The Morgan fingerprint density at radius 2 is 1.81 bits per heavy atom. The van der Waals surface area contributed by atoms with E-state index in [-0.39, 0.29) is 0 Å². The van der Waals surface area contributed by atoms with Gasteiger partial charge in [0.2, 0.25) is 11.4 Å². The van der Waals surface area contributed by atoms with E-state index in [1.165, 1.54) is 53.6 Å². The van der Waals surface area contributed by atoms with Crippen LogP contribution in [-0.2, 0) is 7.05 Å². The monoisotopic (exact) mass is 419 g/mol. The molecular formula is C29H27N2O+. The van der Waals surface area contributed by atoms with Gasteiger partial charge in [0, 0.05) is 23.0 Å². The van der Waals surface area contributed by atoms with Gasteiger partial charge < -0.3 is 4.42 Å². The molecule has 1 aliphatic rings. The first-order chi connectivity index (χ1) is 15.7. The maximum Gasteiger partial charge on any atom is 0.227 e. The van der Waals surface area contributed by atoms with Crippen LogP contribution in [0.1, 0.15) is 42.7 Å². The molecule has 0 spiro atoms. The molecule has 0 radical (unpaired) electrons. The van der Waals surface area contributed by atoms with E-state index in [1.807, 2.05) is 6.07 Å². The molecule has 0 amide bonds. The van der Waals surface area contributed by atoms with Crippen molar-refractivity contribution in [2.45, 2.75) is 38.5 Å². The molecule has 158 valence electrons. The fourth-order valence-electron chi connectivity index (χ4n) is 5.44. The van der Waals surface area contributed by atoms with Gasteiger partial charge in [-0.05, 0) is 60.6 Å².